The van der Waals surface area contributed by atoms with E-state index in [1.54, 1.807) is 19.1 Å². The average molecular weight is 395 g/mol. The Morgan fingerprint density at radius 1 is 0.741 bits per heavy atom. The zero-order valence-electron chi connectivity index (χ0n) is 13.9. The summed E-state index contributed by atoms with van der Waals surface area (Å²) >= 11 is 0. The van der Waals surface area contributed by atoms with E-state index in [1.165, 1.54) is 12.1 Å². The minimum absolute atomic E-state index is 0.0331. The van der Waals surface area contributed by atoms with Gasteiger partial charge in [0.15, 0.2) is 23.3 Å². The molecule has 0 saturated carbocycles. The maximum Gasteiger partial charge on any atom is 0.238 e. The standard InChI is InChI=1S/C19H13F4NO2S/c1-10-3-2-4-12(9-10)15-14(16(20)18(22)19(23)17(15)21)11-5-7-13(8-6-11)27(24,25)26/h2-9H,1H3,(H2,24,25,26). The molecular formula is C19H13F4NO2S. The lowest BCUT2D eigenvalue weighted by molar-refractivity contribution is 0.412. The minimum Gasteiger partial charge on any atom is -0.225 e. The number of nitrogens with two attached hydrogens (primary N) is 1. The fourth-order valence-corrected chi connectivity index (χ4v) is 3.30. The van der Waals surface area contributed by atoms with Crippen LogP contribution in [0.4, 0.5) is 17.6 Å². The molecule has 0 radical (unpaired) electrons. The van der Waals surface area contributed by atoms with Gasteiger partial charge in [0.2, 0.25) is 10.0 Å². The van der Waals surface area contributed by atoms with E-state index in [1.807, 2.05) is 0 Å². The molecule has 0 amide bonds. The van der Waals surface area contributed by atoms with Crippen molar-refractivity contribution in [2.75, 3.05) is 0 Å². The molecule has 0 aliphatic heterocycles. The van der Waals surface area contributed by atoms with E-state index < -0.39 is 44.4 Å². The third-order valence-electron chi connectivity index (χ3n) is 4.05. The van der Waals surface area contributed by atoms with Gasteiger partial charge in [0.05, 0.1) is 4.90 Å². The molecule has 3 aromatic carbocycles. The summed E-state index contributed by atoms with van der Waals surface area (Å²) in [6, 6.07) is 10.6. The highest BCUT2D eigenvalue weighted by Crippen LogP contribution is 2.39. The Labute approximate surface area is 153 Å². The van der Waals surface area contributed by atoms with Gasteiger partial charge in [0.25, 0.3) is 0 Å². The lowest BCUT2D eigenvalue weighted by Gasteiger charge is -2.15. The smallest absolute Gasteiger partial charge is 0.225 e. The number of hydrogen-bond acceptors (Lipinski definition) is 2. The molecule has 0 bridgehead atoms. The molecular weight excluding hydrogens is 382 g/mol. The Bertz CT molecular complexity index is 1140. The van der Waals surface area contributed by atoms with E-state index in [-0.39, 0.29) is 16.0 Å². The van der Waals surface area contributed by atoms with Crippen molar-refractivity contribution in [3.05, 3.63) is 77.4 Å². The summed E-state index contributed by atoms with van der Waals surface area (Å²) < 4.78 is 79.6. The fourth-order valence-electron chi connectivity index (χ4n) is 2.79. The van der Waals surface area contributed by atoms with Gasteiger partial charge in [0.1, 0.15) is 0 Å². The van der Waals surface area contributed by atoms with Crippen LogP contribution in [-0.2, 0) is 10.0 Å². The van der Waals surface area contributed by atoms with Gasteiger partial charge < -0.3 is 0 Å². The van der Waals surface area contributed by atoms with Crippen LogP contribution in [0.2, 0.25) is 0 Å². The Balaban J connectivity index is 2.35. The number of aryl methyl sites for hydroxylation is 1. The van der Waals surface area contributed by atoms with Crippen LogP contribution < -0.4 is 5.14 Å². The molecule has 3 rings (SSSR count). The first-order chi connectivity index (χ1) is 12.6. The van der Waals surface area contributed by atoms with E-state index in [0.29, 0.717) is 5.56 Å². The maximum absolute atomic E-state index is 14.6. The number of sulfonamides is 1. The minimum atomic E-state index is -4.00. The number of benzene rings is 3. The van der Waals surface area contributed by atoms with Crippen LogP contribution in [0.25, 0.3) is 22.3 Å². The lowest BCUT2D eigenvalue weighted by atomic mass is 9.92. The highest BCUT2D eigenvalue weighted by atomic mass is 32.2. The number of rotatable bonds is 3. The lowest BCUT2D eigenvalue weighted by Crippen LogP contribution is -2.11. The number of halogens is 4. The summed E-state index contributed by atoms with van der Waals surface area (Å²) in [6.45, 7) is 1.71. The molecule has 0 atom stereocenters. The summed E-state index contributed by atoms with van der Waals surface area (Å²) in [5, 5.41) is 5.01. The van der Waals surface area contributed by atoms with Crippen LogP contribution in [0.5, 0.6) is 0 Å². The van der Waals surface area contributed by atoms with Crippen LogP contribution in [0.15, 0.2) is 53.4 Å². The van der Waals surface area contributed by atoms with Crippen molar-refractivity contribution in [3.8, 4) is 22.3 Å². The molecule has 27 heavy (non-hydrogen) atoms. The van der Waals surface area contributed by atoms with Crippen LogP contribution in [0.3, 0.4) is 0 Å². The van der Waals surface area contributed by atoms with Gasteiger partial charge >= 0.3 is 0 Å². The predicted molar refractivity (Wildman–Crippen MR) is 93.3 cm³/mol. The molecule has 0 aliphatic rings. The second kappa shape index (κ2) is 6.79. The fraction of sp³-hybridized carbons (Fsp3) is 0.0526. The second-order valence-electron chi connectivity index (χ2n) is 5.94. The molecule has 0 fully saturated rings. The van der Waals surface area contributed by atoms with Crippen molar-refractivity contribution < 1.29 is 26.0 Å². The van der Waals surface area contributed by atoms with E-state index in [2.05, 4.69) is 0 Å². The topological polar surface area (TPSA) is 60.2 Å². The van der Waals surface area contributed by atoms with Gasteiger partial charge in [-0.15, -0.1) is 0 Å². The highest BCUT2D eigenvalue weighted by molar-refractivity contribution is 7.89. The quantitative estimate of drug-likeness (QED) is 0.402. The largest absolute Gasteiger partial charge is 0.238 e. The van der Waals surface area contributed by atoms with E-state index in [9.17, 15) is 26.0 Å². The zero-order chi connectivity index (χ0) is 19.9. The van der Waals surface area contributed by atoms with Crippen LogP contribution in [-0.4, -0.2) is 8.42 Å². The van der Waals surface area contributed by atoms with E-state index >= 15 is 0 Å². The molecule has 0 heterocycles. The average Bonchev–Trinajstić information content (AvgIpc) is 2.62. The first kappa shape index (κ1) is 19.1. The summed E-state index contributed by atoms with van der Waals surface area (Å²) in [5.74, 6) is -6.98. The van der Waals surface area contributed by atoms with Gasteiger partial charge in [-0.3, -0.25) is 0 Å². The molecule has 0 unspecified atom stereocenters. The van der Waals surface area contributed by atoms with Gasteiger partial charge in [-0.2, -0.15) is 0 Å². The number of primary sulfonamides is 1. The first-order valence-electron chi connectivity index (χ1n) is 7.67. The molecule has 0 aliphatic carbocycles. The van der Waals surface area contributed by atoms with Crippen LogP contribution >= 0.6 is 0 Å². The van der Waals surface area contributed by atoms with Crippen molar-refractivity contribution in [2.45, 2.75) is 11.8 Å². The van der Waals surface area contributed by atoms with Crippen LogP contribution in [0, 0.1) is 30.2 Å². The van der Waals surface area contributed by atoms with E-state index in [0.717, 1.165) is 24.3 Å². The Morgan fingerprint density at radius 2 is 1.26 bits per heavy atom. The normalized spacial score (nSPS) is 11.6. The molecule has 8 heteroatoms. The van der Waals surface area contributed by atoms with Gasteiger partial charge in [0, 0.05) is 11.1 Å². The molecule has 2 N–H and O–H groups in total. The van der Waals surface area contributed by atoms with Gasteiger partial charge in [-0.25, -0.2) is 31.1 Å². The van der Waals surface area contributed by atoms with Gasteiger partial charge in [-0.05, 0) is 30.2 Å². The Hall–Kier alpha value is -2.71. The molecule has 3 aromatic rings. The van der Waals surface area contributed by atoms with Crippen LogP contribution in [0.1, 0.15) is 5.56 Å². The number of hydrogen-bond donors (Lipinski definition) is 1. The Kier molecular flexibility index (Phi) is 4.79. The van der Waals surface area contributed by atoms with Crippen molar-refractivity contribution in [1.82, 2.24) is 0 Å². The van der Waals surface area contributed by atoms with Gasteiger partial charge in [-0.1, -0.05) is 42.0 Å². The van der Waals surface area contributed by atoms with E-state index in [4.69, 9.17) is 5.14 Å². The van der Waals surface area contributed by atoms with Crippen molar-refractivity contribution in [2.24, 2.45) is 5.14 Å². The summed E-state index contributed by atoms with van der Waals surface area (Å²) in [5.41, 5.74) is -0.158. The molecule has 140 valence electrons. The Morgan fingerprint density at radius 3 is 1.74 bits per heavy atom. The third-order valence-corrected chi connectivity index (χ3v) is 4.97. The monoisotopic (exact) mass is 395 g/mol. The molecule has 3 nitrogen and oxygen atoms in total. The highest BCUT2D eigenvalue weighted by Gasteiger charge is 2.27. The SMILES string of the molecule is Cc1cccc(-c2c(F)c(F)c(F)c(F)c2-c2ccc(S(N)(=O)=O)cc2)c1. The predicted octanol–water partition coefficient (Wildman–Crippen LogP) is 4.53. The second-order valence-corrected chi connectivity index (χ2v) is 7.51. The van der Waals surface area contributed by atoms with Crippen molar-refractivity contribution in [3.63, 3.8) is 0 Å². The molecule has 0 saturated heterocycles. The summed E-state index contributed by atoms with van der Waals surface area (Å²) in [7, 11) is -4.00. The third kappa shape index (κ3) is 3.45. The van der Waals surface area contributed by atoms with Crippen molar-refractivity contribution in [1.29, 1.82) is 0 Å². The summed E-state index contributed by atoms with van der Waals surface area (Å²) in [4.78, 5) is -0.258. The maximum atomic E-state index is 14.6. The molecule has 0 spiro atoms. The van der Waals surface area contributed by atoms with Crippen molar-refractivity contribution >= 4 is 10.0 Å². The summed E-state index contributed by atoms with van der Waals surface area (Å²) in [6.07, 6.45) is 0. The zero-order valence-corrected chi connectivity index (χ0v) is 14.7. The molecule has 0 aromatic heterocycles. The first-order valence-corrected chi connectivity index (χ1v) is 9.22.